The van der Waals surface area contributed by atoms with Crippen LogP contribution in [0.4, 0.5) is 14.5 Å². The Morgan fingerprint density at radius 3 is 2.35 bits per heavy atom. The molecule has 0 unspecified atom stereocenters. The van der Waals surface area contributed by atoms with E-state index in [1.165, 1.54) is 38.5 Å². The largest absolute Gasteiger partial charge is 0.433 e. The number of hydrogen-bond acceptors (Lipinski definition) is 2. The Morgan fingerprint density at radius 1 is 1.00 bits per heavy atom. The van der Waals surface area contributed by atoms with Crippen molar-refractivity contribution in [3.63, 3.8) is 0 Å². The Bertz CT molecular complexity index is 358. The highest BCUT2D eigenvalue weighted by Gasteiger charge is 2.08. The Kier molecular flexibility index (Phi) is 8.76. The van der Waals surface area contributed by atoms with Gasteiger partial charge in [-0.25, -0.2) is 0 Å². The molecule has 0 heterocycles. The topological polar surface area (TPSA) is 21.3 Å². The van der Waals surface area contributed by atoms with Crippen molar-refractivity contribution in [2.24, 2.45) is 0 Å². The van der Waals surface area contributed by atoms with Crippen LogP contribution in [-0.4, -0.2) is 13.2 Å². The molecular formula is C16H25F2NO. The summed E-state index contributed by atoms with van der Waals surface area (Å²) >= 11 is 0. The number of anilines is 1. The Hall–Kier alpha value is -1.32. The van der Waals surface area contributed by atoms with Gasteiger partial charge < -0.3 is 10.1 Å². The lowest BCUT2D eigenvalue weighted by Gasteiger charge is -2.12. The van der Waals surface area contributed by atoms with Gasteiger partial charge in [0.2, 0.25) is 0 Å². The number of nitrogens with one attached hydrogen (secondary N) is 1. The monoisotopic (exact) mass is 285 g/mol. The Labute approximate surface area is 120 Å². The molecule has 0 saturated heterocycles. The number of rotatable bonds is 11. The first-order valence-electron chi connectivity index (χ1n) is 7.51. The lowest BCUT2D eigenvalue weighted by atomic mass is 10.1. The van der Waals surface area contributed by atoms with Gasteiger partial charge in [-0.3, -0.25) is 0 Å². The zero-order chi connectivity index (χ0) is 14.6. The molecule has 0 spiro atoms. The molecule has 0 saturated carbocycles. The van der Waals surface area contributed by atoms with Crippen LogP contribution in [0.2, 0.25) is 0 Å². The van der Waals surface area contributed by atoms with Crippen molar-refractivity contribution in [3.05, 3.63) is 24.3 Å². The maximum atomic E-state index is 12.2. The molecule has 1 aromatic carbocycles. The van der Waals surface area contributed by atoms with Crippen molar-refractivity contribution in [1.82, 2.24) is 0 Å². The normalized spacial score (nSPS) is 10.8. The van der Waals surface area contributed by atoms with Crippen LogP contribution in [-0.2, 0) is 0 Å². The van der Waals surface area contributed by atoms with Crippen LogP contribution in [0, 0.1) is 0 Å². The lowest BCUT2D eigenvalue weighted by molar-refractivity contribution is -0.0493. The maximum absolute atomic E-state index is 12.2. The second-order valence-corrected chi connectivity index (χ2v) is 4.92. The van der Waals surface area contributed by atoms with Crippen molar-refractivity contribution >= 4 is 5.69 Å². The highest BCUT2D eigenvalue weighted by molar-refractivity contribution is 5.56. The van der Waals surface area contributed by atoms with Crippen LogP contribution in [0.1, 0.15) is 51.9 Å². The molecule has 0 atom stereocenters. The molecule has 114 valence electrons. The summed E-state index contributed by atoms with van der Waals surface area (Å²) in [6.45, 7) is 0.219. The molecule has 0 aliphatic heterocycles. The SMILES string of the molecule is CCCCCCCCCNc1ccccc1OC(F)F. The van der Waals surface area contributed by atoms with Crippen molar-refractivity contribution in [3.8, 4) is 5.75 Å². The van der Waals surface area contributed by atoms with E-state index in [1.54, 1.807) is 18.2 Å². The van der Waals surface area contributed by atoms with E-state index in [0.717, 1.165) is 13.0 Å². The van der Waals surface area contributed by atoms with E-state index < -0.39 is 6.61 Å². The van der Waals surface area contributed by atoms with Gasteiger partial charge in [-0.05, 0) is 18.6 Å². The highest BCUT2D eigenvalue weighted by atomic mass is 19.3. The number of halogens is 2. The lowest BCUT2D eigenvalue weighted by Crippen LogP contribution is -2.07. The zero-order valence-electron chi connectivity index (χ0n) is 12.2. The van der Waals surface area contributed by atoms with Crippen LogP contribution in [0.3, 0.4) is 0 Å². The third-order valence-electron chi connectivity index (χ3n) is 3.20. The standard InChI is InChI=1S/C16H25F2NO/c1-2-3-4-5-6-7-10-13-19-14-11-8-9-12-15(14)20-16(17)18/h8-9,11-12,16,19H,2-7,10,13H2,1H3. The Balaban J connectivity index is 2.18. The average Bonchev–Trinajstić information content (AvgIpc) is 2.43. The van der Waals surface area contributed by atoms with Gasteiger partial charge in [0.1, 0.15) is 5.75 Å². The summed E-state index contributed by atoms with van der Waals surface area (Å²) in [6.07, 6.45) is 8.66. The van der Waals surface area contributed by atoms with Gasteiger partial charge in [0.05, 0.1) is 5.69 Å². The predicted octanol–water partition coefficient (Wildman–Crippen LogP) is 5.45. The Morgan fingerprint density at radius 2 is 1.65 bits per heavy atom. The number of benzene rings is 1. The summed E-state index contributed by atoms with van der Waals surface area (Å²) in [4.78, 5) is 0. The van der Waals surface area contributed by atoms with E-state index in [-0.39, 0.29) is 5.75 Å². The van der Waals surface area contributed by atoms with Crippen molar-refractivity contribution in [2.75, 3.05) is 11.9 Å². The quantitative estimate of drug-likeness (QED) is 0.546. The minimum absolute atomic E-state index is 0.213. The van der Waals surface area contributed by atoms with E-state index in [9.17, 15) is 8.78 Å². The van der Waals surface area contributed by atoms with Crippen LogP contribution in [0.5, 0.6) is 5.75 Å². The highest BCUT2D eigenvalue weighted by Crippen LogP contribution is 2.25. The second kappa shape index (κ2) is 10.5. The molecule has 0 aromatic heterocycles. The summed E-state index contributed by atoms with van der Waals surface area (Å²) in [6, 6.07) is 6.82. The molecule has 0 bridgehead atoms. The number of ether oxygens (including phenoxy) is 1. The van der Waals surface area contributed by atoms with Gasteiger partial charge in [-0.2, -0.15) is 8.78 Å². The average molecular weight is 285 g/mol. The minimum atomic E-state index is -2.78. The molecule has 0 aliphatic rings. The number of para-hydroxylation sites is 2. The van der Waals surface area contributed by atoms with Gasteiger partial charge in [-0.1, -0.05) is 57.6 Å². The van der Waals surface area contributed by atoms with E-state index in [0.29, 0.717) is 5.69 Å². The first-order valence-corrected chi connectivity index (χ1v) is 7.51. The fraction of sp³-hybridized carbons (Fsp3) is 0.625. The van der Waals surface area contributed by atoms with Crippen molar-refractivity contribution in [1.29, 1.82) is 0 Å². The van der Waals surface area contributed by atoms with E-state index in [2.05, 4.69) is 17.0 Å². The fourth-order valence-corrected chi connectivity index (χ4v) is 2.12. The molecule has 0 aliphatic carbocycles. The molecule has 0 amide bonds. The smallest absolute Gasteiger partial charge is 0.387 e. The number of unbranched alkanes of at least 4 members (excludes halogenated alkanes) is 6. The van der Waals surface area contributed by atoms with Crippen molar-refractivity contribution in [2.45, 2.75) is 58.5 Å². The van der Waals surface area contributed by atoms with Gasteiger partial charge >= 0.3 is 6.61 Å². The van der Waals surface area contributed by atoms with Gasteiger partial charge in [0.15, 0.2) is 0 Å². The van der Waals surface area contributed by atoms with Crippen LogP contribution in [0.15, 0.2) is 24.3 Å². The third-order valence-corrected chi connectivity index (χ3v) is 3.20. The summed E-state index contributed by atoms with van der Waals surface area (Å²) < 4.78 is 29.0. The van der Waals surface area contributed by atoms with E-state index in [4.69, 9.17) is 0 Å². The first kappa shape index (κ1) is 16.7. The molecular weight excluding hydrogens is 260 g/mol. The molecule has 1 aromatic rings. The van der Waals surface area contributed by atoms with Gasteiger partial charge in [0, 0.05) is 6.54 Å². The van der Waals surface area contributed by atoms with E-state index >= 15 is 0 Å². The molecule has 1 rings (SSSR count). The molecule has 1 N–H and O–H groups in total. The second-order valence-electron chi connectivity index (χ2n) is 4.92. The predicted molar refractivity (Wildman–Crippen MR) is 79.6 cm³/mol. The van der Waals surface area contributed by atoms with Gasteiger partial charge in [-0.15, -0.1) is 0 Å². The maximum Gasteiger partial charge on any atom is 0.387 e. The molecule has 0 fully saturated rings. The summed E-state index contributed by atoms with van der Waals surface area (Å²) in [7, 11) is 0. The van der Waals surface area contributed by atoms with Crippen LogP contribution < -0.4 is 10.1 Å². The first-order chi connectivity index (χ1) is 9.74. The molecule has 0 radical (unpaired) electrons. The van der Waals surface area contributed by atoms with Crippen LogP contribution >= 0.6 is 0 Å². The van der Waals surface area contributed by atoms with Gasteiger partial charge in [0.25, 0.3) is 0 Å². The summed E-state index contributed by atoms with van der Waals surface area (Å²) in [5.74, 6) is 0.213. The summed E-state index contributed by atoms with van der Waals surface area (Å²) in [5.41, 5.74) is 0.638. The van der Waals surface area contributed by atoms with Crippen molar-refractivity contribution < 1.29 is 13.5 Å². The minimum Gasteiger partial charge on any atom is -0.433 e. The molecule has 2 nitrogen and oxygen atoms in total. The third kappa shape index (κ3) is 7.31. The summed E-state index contributed by atoms with van der Waals surface area (Å²) in [5, 5.41) is 3.16. The molecule has 20 heavy (non-hydrogen) atoms. The fourth-order valence-electron chi connectivity index (χ4n) is 2.12. The zero-order valence-corrected chi connectivity index (χ0v) is 12.2. The number of hydrogen-bond donors (Lipinski definition) is 1. The van der Waals surface area contributed by atoms with E-state index in [1.807, 2.05) is 6.07 Å². The van der Waals surface area contributed by atoms with Crippen LogP contribution in [0.25, 0.3) is 0 Å². The number of alkyl halides is 2. The molecule has 4 heteroatoms.